The maximum Gasteiger partial charge on any atom is 0.319 e. The van der Waals surface area contributed by atoms with Crippen molar-refractivity contribution in [3.63, 3.8) is 0 Å². The highest BCUT2D eigenvalue weighted by molar-refractivity contribution is 5.90. The molecule has 1 aliphatic heterocycles. The van der Waals surface area contributed by atoms with Crippen LogP contribution in [-0.4, -0.2) is 30.8 Å². The number of nitrogens with one attached hydrogen (secondary N) is 2. The Kier molecular flexibility index (Phi) is 7.25. The number of anilines is 2. The smallest absolute Gasteiger partial charge is 0.319 e. The fourth-order valence-electron chi connectivity index (χ4n) is 3.82. The van der Waals surface area contributed by atoms with E-state index in [0.29, 0.717) is 29.6 Å². The van der Waals surface area contributed by atoms with E-state index in [1.807, 2.05) is 66.7 Å². The molecular weight excluding hydrogens is 402 g/mol. The lowest BCUT2D eigenvalue weighted by Gasteiger charge is -2.33. The summed E-state index contributed by atoms with van der Waals surface area (Å²) in [4.78, 5) is 14.8. The zero-order valence-electron chi connectivity index (χ0n) is 18.0. The van der Waals surface area contributed by atoms with Gasteiger partial charge in [0.15, 0.2) is 5.75 Å². The fourth-order valence-corrected chi connectivity index (χ4v) is 3.82. The largest absolute Gasteiger partial charge is 0.455 e. The first-order chi connectivity index (χ1) is 15.7. The zero-order chi connectivity index (χ0) is 22.2. The molecule has 0 aliphatic carbocycles. The van der Waals surface area contributed by atoms with Crippen molar-refractivity contribution in [3.8, 4) is 11.5 Å². The van der Waals surface area contributed by atoms with E-state index in [1.165, 1.54) is 5.69 Å². The molecule has 1 aliphatic rings. The molecule has 0 unspecified atom stereocenters. The van der Waals surface area contributed by atoms with Crippen molar-refractivity contribution in [2.24, 2.45) is 5.92 Å². The molecule has 0 atom stereocenters. The number of hydrogen-bond acceptors (Lipinski definition) is 4. The molecule has 2 amide bonds. The first-order valence-corrected chi connectivity index (χ1v) is 11.0. The normalized spacial score (nSPS) is 14.1. The Bertz CT molecular complexity index is 1000. The quantitative estimate of drug-likeness (QED) is 0.492. The first kappa shape index (κ1) is 21.7. The number of aliphatic hydroxyl groups excluding tert-OH is 1. The minimum Gasteiger partial charge on any atom is -0.455 e. The maximum absolute atomic E-state index is 12.5. The van der Waals surface area contributed by atoms with Crippen molar-refractivity contribution < 1.29 is 14.6 Å². The molecule has 4 rings (SSSR count). The molecule has 0 aromatic heterocycles. The third kappa shape index (κ3) is 5.80. The summed E-state index contributed by atoms with van der Waals surface area (Å²) in [6, 6.07) is 24.8. The molecule has 6 nitrogen and oxygen atoms in total. The highest BCUT2D eigenvalue weighted by Gasteiger charge is 2.18. The summed E-state index contributed by atoms with van der Waals surface area (Å²) in [5.74, 6) is 1.72. The molecule has 0 radical (unpaired) electrons. The van der Waals surface area contributed by atoms with Gasteiger partial charge in [0.2, 0.25) is 0 Å². The molecule has 166 valence electrons. The van der Waals surface area contributed by atoms with Crippen LogP contribution in [0, 0.1) is 5.92 Å². The second-order valence-corrected chi connectivity index (χ2v) is 8.00. The maximum atomic E-state index is 12.5. The van der Waals surface area contributed by atoms with Crippen LogP contribution in [0.15, 0.2) is 78.9 Å². The Morgan fingerprint density at radius 2 is 1.62 bits per heavy atom. The molecule has 1 fully saturated rings. The number of piperidine rings is 1. The van der Waals surface area contributed by atoms with Crippen LogP contribution in [0.1, 0.15) is 18.4 Å². The number of carbonyl (C=O) groups is 1. The molecule has 0 bridgehead atoms. The van der Waals surface area contributed by atoms with Gasteiger partial charge in [0.25, 0.3) is 0 Å². The lowest BCUT2D eigenvalue weighted by atomic mass is 9.97. The van der Waals surface area contributed by atoms with Gasteiger partial charge in [-0.15, -0.1) is 0 Å². The van der Waals surface area contributed by atoms with E-state index < -0.39 is 0 Å². The van der Waals surface area contributed by atoms with Crippen molar-refractivity contribution in [2.45, 2.75) is 19.4 Å². The molecular formula is C26H29N3O3. The van der Waals surface area contributed by atoms with E-state index in [4.69, 9.17) is 4.74 Å². The number of benzene rings is 3. The summed E-state index contributed by atoms with van der Waals surface area (Å²) in [6.45, 7) is 2.65. The Morgan fingerprint density at radius 3 is 2.34 bits per heavy atom. The molecule has 6 heteroatoms. The summed E-state index contributed by atoms with van der Waals surface area (Å²) in [6.07, 6.45) is 2.05. The minimum absolute atomic E-state index is 0.281. The first-order valence-electron chi connectivity index (χ1n) is 11.0. The van der Waals surface area contributed by atoms with Gasteiger partial charge < -0.3 is 25.4 Å². The van der Waals surface area contributed by atoms with E-state index in [0.717, 1.165) is 31.5 Å². The Morgan fingerprint density at radius 1 is 0.938 bits per heavy atom. The molecule has 3 aromatic rings. The fraction of sp³-hybridized carbons (Fsp3) is 0.269. The van der Waals surface area contributed by atoms with Crippen LogP contribution < -0.4 is 20.3 Å². The number of hydrogen-bond donors (Lipinski definition) is 3. The molecule has 32 heavy (non-hydrogen) atoms. The van der Waals surface area contributed by atoms with Crippen molar-refractivity contribution in [1.29, 1.82) is 0 Å². The molecule has 0 saturated carbocycles. The molecule has 1 saturated heterocycles. The third-order valence-electron chi connectivity index (χ3n) is 5.73. The zero-order valence-corrected chi connectivity index (χ0v) is 18.0. The Hall–Kier alpha value is -3.51. The van der Waals surface area contributed by atoms with Gasteiger partial charge in [-0.2, -0.15) is 0 Å². The molecule has 1 heterocycles. The van der Waals surface area contributed by atoms with Crippen LogP contribution in [0.5, 0.6) is 11.5 Å². The van der Waals surface area contributed by atoms with Crippen LogP contribution in [0.25, 0.3) is 0 Å². The number of carbonyl (C=O) groups excluding carboxylic acids is 1. The summed E-state index contributed by atoms with van der Waals surface area (Å²) in [5.41, 5.74) is 2.82. The van der Waals surface area contributed by atoms with Crippen molar-refractivity contribution in [1.82, 2.24) is 5.32 Å². The van der Waals surface area contributed by atoms with E-state index in [1.54, 1.807) is 0 Å². The predicted molar refractivity (Wildman–Crippen MR) is 127 cm³/mol. The summed E-state index contributed by atoms with van der Waals surface area (Å²) in [7, 11) is 0. The second kappa shape index (κ2) is 10.7. The van der Waals surface area contributed by atoms with E-state index in [-0.39, 0.29) is 12.6 Å². The van der Waals surface area contributed by atoms with Crippen LogP contribution in [-0.2, 0) is 6.54 Å². The number of urea groups is 1. The summed E-state index contributed by atoms with van der Waals surface area (Å²) < 4.78 is 5.90. The number of amides is 2. The van der Waals surface area contributed by atoms with Crippen molar-refractivity contribution in [2.75, 3.05) is 29.9 Å². The lowest BCUT2D eigenvalue weighted by Crippen LogP contribution is -2.34. The highest BCUT2D eigenvalue weighted by Crippen LogP contribution is 2.29. The average Bonchev–Trinajstić information content (AvgIpc) is 2.85. The summed E-state index contributed by atoms with van der Waals surface area (Å²) in [5, 5.41) is 15.1. The van der Waals surface area contributed by atoms with Gasteiger partial charge in [-0.25, -0.2) is 4.79 Å². The second-order valence-electron chi connectivity index (χ2n) is 8.00. The van der Waals surface area contributed by atoms with Gasteiger partial charge >= 0.3 is 6.03 Å². The van der Waals surface area contributed by atoms with Gasteiger partial charge in [-0.05, 0) is 60.7 Å². The molecule has 3 aromatic carbocycles. The molecule has 0 spiro atoms. The highest BCUT2D eigenvalue weighted by atomic mass is 16.5. The number of ether oxygens (including phenoxy) is 1. The van der Waals surface area contributed by atoms with Crippen LogP contribution in [0.2, 0.25) is 0 Å². The Balaban J connectivity index is 1.29. The van der Waals surface area contributed by atoms with Crippen molar-refractivity contribution in [3.05, 3.63) is 84.4 Å². The number of aliphatic hydroxyl groups is 1. The van der Waals surface area contributed by atoms with Crippen LogP contribution in [0.3, 0.4) is 0 Å². The standard InChI is InChI=1S/C26H29N3O3/c30-19-21-14-16-29(17-15-21)22-12-10-20(11-13-22)18-27-26(31)28-24-8-4-5-9-25(24)32-23-6-2-1-3-7-23/h1-13,21,30H,14-19H2,(H2,27,28,31). The summed E-state index contributed by atoms with van der Waals surface area (Å²) >= 11 is 0. The van der Waals surface area contributed by atoms with E-state index >= 15 is 0 Å². The van der Waals surface area contributed by atoms with E-state index in [9.17, 15) is 9.90 Å². The lowest BCUT2D eigenvalue weighted by molar-refractivity contribution is 0.203. The molecule has 3 N–H and O–H groups in total. The average molecular weight is 432 g/mol. The SMILES string of the molecule is O=C(NCc1ccc(N2CCC(CO)CC2)cc1)Nc1ccccc1Oc1ccccc1. The monoisotopic (exact) mass is 431 g/mol. The van der Waals surface area contributed by atoms with Crippen molar-refractivity contribution >= 4 is 17.4 Å². The van der Waals surface area contributed by atoms with Crippen LogP contribution in [0.4, 0.5) is 16.2 Å². The minimum atomic E-state index is -0.288. The third-order valence-corrected chi connectivity index (χ3v) is 5.73. The van der Waals surface area contributed by atoms with Gasteiger partial charge in [-0.3, -0.25) is 0 Å². The predicted octanol–water partition coefficient (Wildman–Crippen LogP) is 5.01. The van der Waals surface area contributed by atoms with E-state index in [2.05, 4.69) is 27.7 Å². The number of rotatable bonds is 7. The topological polar surface area (TPSA) is 73.8 Å². The number of nitrogens with zero attached hydrogens (tertiary/aromatic N) is 1. The van der Waals surface area contributed by atoms with Gasteiger partial charge in [0, 0.05) is 31.9 Å². The van der Waals surface area contributed by atoms with Gasteiger partial charge in [-0.1, -0.05) is 42.5 Å². The Labute approximate surface area is 188 Å². The van der Waals surface area contributed by atoms with Gasteiger partial charge in [0.05, 0.1) is 5.69 Å². The van der Waals surface area contributed by atoms with Crippen LogP contribution >= 0.6 is 0 Å². The van der Waals surface area contributed by atoms with Gasteiger partial charge in [0.1, 0.15) is 5.75 Å². The number of para-hydroxylation sites is 3.